The molecule has 0 aliphatic heterocycles. The molecule has 0 heterocycles. The van der Waals surface area contributed by atoms with Gasteiger partial charge in [0.15, 0.2) is 0 Å². The molecule has 8 heteroatoms. The fraction of sp³-hybridized carbons (Fsp3) is 0.444. The molecule has 3 N–H and O–H groups in total. The zero-order valence-corrected chi connectivity index (χ0v) is 19.9. The third-order valence-electron chi connectivity index (χ3n) is 7.11. The van der Waals surface area contributed by atoms with E-state index in [1.54, 1.807) is 0 Å². The smallest absolute Gasteiger partial charge is 0.407 e. The summed E-state index contributed by atoms with van der Waals surface area (Å²) in [5, 5.41) is 14.8. The van der Waals surface area contributed by atoms with Crippen LogP contribution in [0.2, 0.25) is 0 Å². The molecule has 0 bridgehead atoms. The van der Waals surface area contributed by atoms with Crippen LogP contribution in [-0.4, -0.2) is 56.0 Å². The second kappa shape index (κ2) is 11.4. The number of rotatable bonds is 10. The molecule has 0 radical (unpaired) electrons. The highest BCUT2D eigenvalue weighted by molar-refractivity contribution is 5.81. The van der Waals surface area contributed by atoms with Crippen molar-refractivity contribution in [2.75, 3.05) is 26.8 Å². The summed E-state index contributed by atoms with van der Waals surface area (Å²) in [6.07, 6.45) is 1.28. The van der Waals surface area contributed by atoms with Gasteiger partial charge in [-0.1, -0.05) is 55.0 Å². The molecule has 0 spiro atoms. The number of carboxylic acids is 1. The molecule has 0 saturated heterocycles. The van der Waals surface area contributed by atoms with E-state index in [4.69, 9.17) is 9.47 Å². The van der Waals surface area contributed by atoms with Crippen LogP contribution in [0.25, 0.3) is 11.1 Å². The van der Waals surface area contributed by atoms with Gasteiger partial charge in [-0.15, -0.1) is 0 Å². The summed E-state index contributed by atoms with van der Waals surface area (Å²) in [4.78, 5) is 36.1. The van der Waals surface area contributed by atoms with Gasteiger partial charge in [0.25, 0.3) is 0 Å². The Bertz CT molecular complexity index is 1030. The Labute approximate surface area is 205 Å². The van der Waals surface area contributed by atoms with Gasteiger partial charge in [-0.25, -0.2) is 4.79 Å². The summed E-state index contributed by atoms with van der Waals surface area (Å²) in [5.74, 6) is -1.61. The summed E-state index contributed by atoms with van der Waals surface area (Å²) in [6.45, 7) is 0.749. The number of benzene rings is 2. The maximum Gasteiger partial charge on any atom is 0.407 e. The first kappa shape index (κ1) is 24.7. The number of nitrogens with one attached hydrogen (secondary N) is 2. The van der Waals surface area contributed by atoms with Crippen LogP contribution in [0.5, 0.6) is 0 Å². The van der Waals surface area contributed by atoms with Gasteiger partial charge in [0.2, 0.25) is 5.91 Å². The molecule has 1 fully saturated rings. The maximum absolute atomic E-state index is 12.5. The summed E-state index contributed by atoms with van der Waals surface area (Å²) in [7, 11) is 1.44. The van der Waals surface area contributed by atoms with Crippen molar-refractivity contribution in [3.8, 4) is 11.1 Å². The van der Waals surface area contributed by atoms with E-state index in [-0.39, 0.29) is 37.3 Å². The minimum absolute atomic E-state index is 0.0177. The lowest BCUT2D eigenvalue weighted by atomic mass is 9.96. The number of hydrogen-bond acceptors (Lipinski definition) is 5. The third-order valence-corrected chi connectivity index (χ3v) is 7.11. The van der Waals surface area contributed by atoms with E-state index in [1.807, 2.05) is 24.3 Å². The molecular weight excluding hydrogens is 448 g/mol. The molecule has 2 amide bonds. The molecule has 2 aromatic rings. The molecule has 3 atom stereocenters. The molecule has 35 heavy (non-hydrogen) atoms. The number of hydrogen-bond donors (Lipinski definition) is 3. The van der Waals surface area contributed by atoms with Crippen molar-refractivity contribution >= 4 is 18.0 Å². The van der Waals surface area contributed by atoms with Crippen molar-refractivity contribution in [1.82, 2.24) is 10.6 Å². The molecule has 8 nitrogen and oxygen atoms in total. The van der Waals surface area contributed by atoms with Gasteiger partial charge in [0.1, 0.15) is 12.7 Å². The highest BCUT2D eigenvalue weighted by atomic mass is 16.5. The van der Waals surface area contributed by atoms with E-state index in [0.29, 0.717) is 13.0 Å². The Hall–Kier alpha value is -3.39. The fourth-order valence-corrected chi connectivity index (χ4v) is 5.26. The highest BCUT2D eigenvalue weighted by Crippen LogP contribution is 2.44. The lowest BCUT2D eigenvalue weighted by Gasteiger charge is -2.20. The van der Waals surface area contributed by atoms with Crippen LogP contribution in [0.1, 0.15) is 42.7 Å². The summed E-state index contributed by atoms with van der Waals surface area (Å²) >= 11 is 0. The Morgan fingerprint density at radius 3 is 2.29 bits per heavy atom. The van der Waals surface area contributed by atoms with Crippen LogP contribution >= 0.6 is 0 Å². The molecule has 0 aromatic heterocycles. The lowest BCUT2D eigenvalue weighted by Crippen LogP contribution is -2.41. The number of carbonyl (C=O) groups excluding carboxylic acids is 2. The van der Waals surface area contributed by atoms with Gasteiger partial charge >= 0.3 is 12.1 Å². The minimum Gasteiger partial charge on any atom is -0.481 e. The number of carbonyl (C=O) groups is 3. The van der Waals surface area contributed by atoms with Crippen LogP contribution in [0.3, 0.4) is 0 Å². The fourth-order valence-electron chi connectivity index (χ4n) is 5.26. The number of alkyl carbamates (subject to hydrolysis) is 1. The van der Waals surface area contributed by atoms with E-state index >= 15 is 0 Å². The van der Waals surface area contributed by atoms with Crippen LogP contribution in [-0.2, 0) is 19.1 Å². The van der Waals surface area contributed by atoms with Gasteiger partial charge in [-0.2, -0.15) is 0 Å². The lowest BCUT2D eigenvalue weighted by molar-refractivity contribution is -0.143. The third kappa shape index (κ3) is 5.65. The van der Waals surface area contributed by atoms with E-state index < -0.39 is 24.1 Å². The Kier molecular flexibility index (Phi) is 8.02. The molecular formula is C27H32N2O6. The van der Waals surface area contributed by atoms with E-state index in [0.717, 1.165) is 24.0 Å². The topological polar surface area (TPSA) is 114 Å². The molecule has 2 aliphatic carbocycles. The molecule has 2 aliphatic rings. The van der Waals surface area contributed by atoms with Gasteiger partial charge in [-0.05, 0) is 41.0 Å². The van der Waals surface area contributed by atoms with E-state index in [1.165, 1.54) is 18.2 Å². The number of aliphatic carboxylic acids is 1. The predicted octanol–water partition coefficient (Wildman–Crippen LogP) is 3.55. The van der Waals surface area contributed by atoms with Crippen LogP contribution in [0.15, 0.2) is 48.5 Å². The average molecular weight is 481 g/mol. The van der Waals surface area contributed by atoms with Crippen molar-refractivity contribution in [2.45, 2.75) is 37.7 Å². The average Bonchev–Trinajstić information content (AvgIpc) is 3.47. The normalized spacial score (nSPS) is 19.5. The van der Waals surface area contributed by atoms with Gasteiger partial charge in [0.05, 0.1) is 5.92 Å². The van der Waals surface area contributed by atoms with Gasteiger partial charge in [-0.3, -0.25) is 9.59 Å². The van der Waals surface area contributed by atoms with Crippen molar-refractivity contribution in [3.05, 3.63) is 59.7 Å². The molecule has 4 rings (SSSR count). The van der Waals surface area contributed by atoms with Crippen molar-refractivity contribution in [1.29, 1.82) is 0 Å². The van der Waals surface area contributed by atoms with Crippen LogP contribution < -0.4 is 10.6 Å². The zero-order chi connectivity index (χ0) is 24.8. The molecule has 1 unspecified atom stereocenters. The first-order valence-corrected chi connectivity index (χ1v) is 12.1. The van der Waals surface area contributed by atoms with Crippen molar-refractivity contribution in [3.63, 3.8) is 0 Å². The monoisotopic (exact) mass is 480 g/mol. The van der Waals surface area contributed by atoms with Crippen molar-refractivity contribution in [2.24, 2.45) is 11.8 Å². The van der Waals surface area contributed by atoms with E-state index in [2.05, 4.69) is 34.9 Å². The first-order valence-electron chi connectivity index (χ1n) is 12.1. The predicted molar refractivity (Wildman–Crippen MR) is 130 cm³/mol. The number of carboxylic acid groups (broad SMARTS) is 1. The number of amides is 2. The zero-order valence-electron chi connectivity index (χ0n) is 19.9. The number of fused-ring (bicyclic) bond motifs is 3. The quantitative estimate of drug-likeness (QED) is 0.479. The maximum atomic E-state index is 12.5. The van der Waals surface area contributed by atoms with Crippen LogP contribution in [0, 0.1) is 11.8 Å². The Morgan fingerprint density at radius 2 is 1.66 bits per heavy atom. The number of methoxy groups -OCH3 is 1. The largest absolute Gasteiger partial charge is 0.481 e. The highest BCUT2D eigenvalue weighted by Gasteiger charge is 2.33. The standard InChI is InChI=1S/C27H32N2O6/c1-34-24(25(30)29-15-17-7-6-12-18(17)26(31)32)13-14-28-27(33)35-16-23-21-10-4-2-8-19(21)20-9-3-5-11-22(20)23/h2-5,8-11,17-18,23-24H,6-7,12-16H2,1H3,(H,28,33)(H,29,30)(H,31,32)/t17-,18-,24?/m1/s1. The van der Waals surface area contributed by atoms with Gasteiger partial charge < -0.3 is 25.2 Å². The molecule has 186 valence electrons. The summed E-state index contributed by atoms with van der Waals surface area (Å²) in [6, 6.07) is 16.3. The van der Waals surface area contributed by atoms with Crippen molar-refractivity contribution < 1.29 is 29.0 Å². The minimum atomic E-state index is -0.808. The summed E-state index contributed by atoms with van der Waals surface area (Å²) in [5.41, 5.74) is 4.62. The molecule has 1 saturated carbocycles. The summed E-state index contributed by atoms with van der Waals surface area (Å²) < 4.78 is 10.8. The second-order valence-corrected chi connectivity index (χ2v) is 9.15. The van der Waals surface area contributed by atoms with Gasteiger partial charge in [0, 0.05) is 32.5 Å². The second-order valence-electron chi connectivity index (χ2n) is 9.15. The SMILES string of the molecule is COC(CCNC(=O)OCC1c2ccccc2-c2ccccc21)C(=O)NC[C@H]1CCC[C@H]1C(=O)O. The molecule has 2 aromatic carbocycles. The Morgan fingerprint density at radius 1 is 1.00 bits per heavy atom. The van der Waals surface area contributed by atoms with E-state index in [9.17, 15) is 19.5 Å². The first-order chi connectivity index (χ1) is 17.0. The number of ether oxygens (including phenoxy) is 2. The van der Waals surface area contributed by atoms with Crippen LogP contribution in [0.4, 0.5) is 4.79 Å². The Balaban J connectivity index is 1.22.